The van der Waals surface area contributed by atoms with Crippen molar-refractivity contribution in [1.82, 2.24) is 5.16 Å². The van der Waals surface area contributed by atoms with Crippen molar-refractivity contribution in [3.8, 4) is 6.07 Å². The smallest absolute Gasteiger partial charge is 0.175 e. The van der Waals surface area contributed by atoms with Crippen molar-refractivity contribution in [3.63, 3.8) is 0 Å². The maximum atomic E-state index is 12.6. The quantitative estimate of drug-likeness (QED) is 0.121. The summed E-state index contributed by atoms with van der Waals surface area (Å²) in [5, 5.41) is 12.8. The molecule has 2 N–H and O–H groups in total. The van der Waals surface area contributed by atoms with E-state index >= 15 is 0 Å². The van der Waals surface area contributed by atoms with Gasteiger partial charge in [0.2, 0.25) is 0 Å². The minimum Gasteiger partial charge on any atom is -0.380 e. The first-order valence-corrected chi connectivity index (χ1v) is 264. The Labute approximate surface area is 656 Å². The molecule has 0 aliphatic rings. The molecule has 0 spiro atoms. The Morgan fingerprint density at radius 3 is 1.15 bits per heavy atom. The average Bonchev–Trinajstić information content (AvgIpc) is 3.65. The summed E-state index contributed by atoms with van der Waals surface area (Å²) >= 11 is 74.8. The number of anilines is 1. The third-order valence-corrected chi connectivity index (χ3v) is 3060. The number of fused-ring (bicyclic) bond motifs is 1. The number of benzene rings is 2. The molecule has 0 radical (unpaired) electrons. The molecule has 0 atom stereocenters. The van der Waals surface area contributed by atoms with E-state index in [2.05, 4.69) is 428 Å². The van der Waals surface area contributed by atoms with Gasteiger partial charge in [-0.15, -0.1) is 0 Å². The zero-order chi connectivity index (χ0) is 48.1. The van der Waals surface area contributed by atoms with E-state index < -0.39 is 148 Å². The second kappa shape index (κ2) is 51.2. The summed E-state index contributed by atoms with van der Waals surface area (Å²) in [5.74, 6) is -0.0654. The fraction of sp³-hybridized carbons (Fsp3) is 0. The van der Waals surface area contributed by atoms with Crippen LogP contribution in [0.2, 0.25) is 0 Å². The molecule has 0 aliphatic carbocycles. The third kappa shape index (κ3) is 33.5. The molecular weight excluding hydrogens is 5610 g/mol. The van der Waals surface area contributed by atoms with Gasteiger partial charge in [0.1, 0.15) is 17.4 Å². The van der Waals surface area contributed by atoms with E-state index in [1.165, 1.54) is 6.07 Å². The van der Waals surface area contributed by atoms with Gasteiger partial charge < -0.3 is 10.3 Å². The van der Waals surface area contributed by atoms with Crippen LogP contribution >= 0.6 is 573 Å². The van der Waals surface area contributed by atoms with Crippen LogP contribution in [0.3, 0.4) is 0 Å². The first kappa shape index (κ1) is 88.0. The topological polar surface area (TPSA) is 75.8 Å². The number of nitriles is 1. The molecule has 3 aromatic rings. The van der Waals surface area contributed by atoms with Gasteiger partial charge in [-0.3, -0.25) is 0 Å². The monoisotopic (exact) mass is 5610 g/mol. The molecule has 0 fully saturated rings. The molecule has 48 heteroatoms. The van der Waals surface area contributed by atoms with E-state index in [9.17, 15) is 4.39 Å². The van der Waals surface area contributed by atoms with Crippen LogP contribution in [0.4, 0.5) is 10.2 Å². The summed E-state index contributed by atoms with van der Waals surface area (Å²) < 4.78 is 18.9. The van der Waals surface area contributed by atoms with Crippen LogP contribution in [-0.4, -0.2) is 5.16 Å². The van der Waals surface area contributed by atoms with Crippen molar-refractivity contribution in [2.45, 2.75) is 0 Å². The number of rotatable bonds is 19. The van der Waals surface area contributed by atoms with Crippen LogP contribution < -0.4 is 19.0 Å². The Morgan fingerprint density at radius 1 is 0.532 bits per heavy atom. The standard InChI is InChI=1S/C7H3BrFN.C7H5BrN2O.I41/c8-6-2-1-3-7(9)5(6)4-10;8-4-2-1-3-5-6(4)7(9)10-11-5;1-22-24(4)26(6)28(8)30(10)32(12)34(14)36(16)38(18)40(20)41(21)39(19)37(17)35(15)33(13)31(11)29(9)27(7)25(5)23(2)3/h1-3H;1-3H,(H2,9,10);/q;;-1. The Bertz CT molecular complexity index is 1800. The van der Waals surface area contributed by atoms with Crippen molar-refractivity contribution in [2.75, 3.05) is 5.73 Å². The first-order valence-electron chi connectivity index (χ1n) is 11.4. The van der Waals surface area contributed by atoms with Gasteiger partial charge >= 0.3 is 554 Å². The van der Waals surface area contributed by atoms with Crippen LogP contribution in [0.25, 0.3) is 11.0 Å². The Kier molecular flexibility index (Phi) is 72.7. The maximum absolute atomic E-state index is 12.6. The molecule has 0 aliphatic heterocycles. The predicted octanol–water partition coefficient (Wildman–Crippen LogP) is 37.1. The van der Waals surface area contributed by atoms with Crippen molar-refractivity contribution < 1.29 is 22.2 Å². The molecule has 394 valence electrons. The number of halogens is 44. The molecule has 0 unspecified atom stereocenters. The molecule has 1 aromatic heterocycles. The Hall–Kier alpha value is 28.0. The minimum atomic E-state index is -0.542. The summed E-state index contributed by atoms with van der Waals surface area (Å²) in [6.45, 7) is 0. The van der Waals surface area contributed by atoms with Gasteiger partial charge in [0.15, 0.2) is 11.4 Å². The molecule has 0 saturated carbocycles. The third-order valence-electron chi connectivity index (χ3n) is 4.06. The van der Waals surface area contributed by atoms with Crippen LogP contribution in [-0.2, 0) is 0 Å². The molecule has 0 amide bonds. The van der Waals surface area contributed by atoms with Crippen LogP contribution in [0, 0.1) is 17.1 Å². The fourth-order valence-electron chi connectivity index (χ4n) is 2.12. The fourth-order valence-corrected chi connectivity index (χ4v) is 7340. The molecule has 4 nitrogen and oxygen atoms in total. The van der Waals surface area contributed by atoms with Crippen LogP contribution in [0.5, 0.6) is 0 Å². The second-order valence-corrected chi connectivity index (χ2v) is 951. The number of nitrogens with zero attached hydrogens (tertiary/aromatic N) is 2. The zero-order valence-electron chi connectivity index (χ0n) is 26.0. The van der Waals surface area contributed by atoms with E-state index in [1.54, 1.807) is 18.2 Å². The van der Waals surface area contributed by atoms with Gasteiger partial charge in [-0.05, 0) is 56.1 Å². The van der Waals surface area contributed by atoms with E-state index in [0.717, 1.165) is 9.86 Å². The van der Waals surface area contributed by atoms with Crippen molar-refractivity contribution in [1.29, 1.82) is 5.26 Å². The SMILES string of the molecule is I[I-]I(I)I(I)I(I)I(I)I(I)I(I)I(I)I(I)I(I)I(I)I(I)I(I)I(I)I(I)I(I)I(I)I(I)I(I)I(I)I.N#Cc1c(F)cccc1Br.Nc1noc2cccc(Br)c12. The number of hydrogen-bond donors (Lipinski definition) is 1. The number of aromatic nitrogens is 1. The summed E-state index contributed by atoms with van der Waals surface area (Å²) in [6, 6.07) is 11.8. The number of nitrogens with two attached hydrogens (primary N) is 1. The van der Waals surface area contributed by atoms with Gasteiger partial charge in [0.05, 0.1) is 5.39 Å². The van der Waals surface area contributed by atoms with Gasteiger partial charge in [-0.1, -0.05) is 17.3 Å². The zero-order valence-corrected chi connectivity index (χ0v) is 118. The van der Waals surface area contributed by atoms with Gasteiger partial charge in [-0.2, -0.15) is 5.26 Å². The number of hydrogen-bond acceptors (Lipinski definition) is 4. The second-order valence-electron chi connectivity index (χ2n) is 7.02. The molecular formula is C14H8Br2FI41N3O-. The summed E-state index contributed by atoms with van der Waals surface area (Å²) in [7, 11) is -9.45. The van der Waals surface area contributed by atoms with E-state index in [0.29, 0.717) is 29.1 Å². The van der Waals surface area contributed by atoms with Crippen LogP contribution in [0.1, 0.15) is 5.56 Å². The molecule has 62 heavy (non-hydrogen) atoms. The van der Waals surface area contributed by atoms with E-state index in [1.807, 2.05) is 18.2 Å². The maximum Gasteiger partial charge on any atom is 0.175 e. The largest absolute Gasteiger partial charge is 0.380 e. The summed E-state index contributed by atoms with van der Waals surface area (Å²) in [4.78, 5) is 0. The summed E-state index contributed by atoms with van der Waals surface area (Å²) in [6.07, 6.45) is 0. The molecule has 1 heterocycles. The Morgan fingerprint density at radius 2 is 0.855 bits per heavy atom. The van der Waals surface area contributed by atoms with Gasteiger partial charge in [0.25, 0.3) is 0 Å². The molecule has 0 bridgehead atoms. The number of nitrogen functional groups attached to an aromatic ring is 1. The molecule has 3 rings (SSSR count). The Balaban J connectivity index is 0.000000723. The van der Waals surface area contributed by atoms with Crippen molar-refractivity contribution >= 4 is 590 Å². The normalized spacial score (nSPS) is 15.6. The van der Waals surface area contributed by atoms with Crippen molar-refractivity contribution in [3.05, 3.63) is 56.7 Å². The minimum absolute atomic E-state index is 0.0579. The van der Waals surface area contributed by atoms with E-state index in [-0.39, 0.29) is 13.5 Å². The average molecular weight is 5620 g/mol. The molecule has 2 aromatic carbocycles. The van der Waals surface area contributed by atoms with Gasteiger partial charge in [-0.25, -0.2) is 4.39 Å². The van der Waals surface area contributed by atoms with Gasteiger partial charge in [0, 0.05) is 8.95 Å². The first-order chi connectivity index (χ1) is 28.7. The molecule has 0 saturated heterocycles. The summed E-state index contributed by atoms with van der Waals surface area (Å²) in [5.41, 5.74) is 6.31. The van der Waals surface area contributed by atoms with Crippen molar-refractivity contribution in [2.24, 2.45) is 0 Å². The predicted molar refractivity (Wildman–Crippen MR) is 646 cm³/mol. The van der Waals surface area contributed by atoms with E-state index in [4.69, 9.17) is 15.5 Å². The van der Waals surface area contributed by atoms with Crippen LogP contribution in [0.15, 0.2) is 49.9 Å².